The summed E-state index contributed by atoms with van der Waals surface area (Å²) in [5.41, 5.74) is 1.47. The lowest BCUT2D eigenvalue weighted by molar-refractivity contribution is 0.102. The fourth-order valence-corrected chi connectivity index (χ4v) is 5.27. The number of methoxy groups -OCH3 is 2. The van der Waals surface area contributed by atoms with E-state index in [1.165, 1.54) is 17.8 Å². The Bertz CT molecular complexity index is 1130. The Morgan fingerprint density at radius 2 is 2.00 bits per heavy atom. The average molecular weight is 441 g/mol. The Hall–Kier alpha value is -2.87. The number of anilines is 2. The van der Waals surface area contributed by atoms with Crippen LogP contribution in [0.3, 0.4) is 0 Å². The van der Waals surface area contributed by atoms with Gasteiger partial charge in [0, 0.05) is 18.7 Å². The highest BCUT2D eigenvalue weighted by atomic mass is 32.1. The molecule has 3 heterocycles. The van der Waals surface area contributed by atoms with E-state index in [-0.39, 0.29) is 5.91 Å². The first kappa shape index (κ1) is 21.4. The van der Waals surface area contributed by atoms with Crippen LogP contribution in [0.5, 0.6) is 11.5 Å². The molecular formula is C23H28N4O3S. The maximum atomic E-state index is 13.3. The topological polar surface area (TPSA) is 76.6 Å². The fourth-order valence-electron chi connectivity index (χ4n) is 4.15. The van der Waals surface area contributed by atoms with E-state index in [9.17, 15) is 4.79 Å². The van der Waals surface area contributed by atoms with E-state index in [2.05, 4.69) is 22.1 Å². The molecule has 1 aromatic carbocycles. The zero-order chi connectivity index (χ0) is 22.1. The first-order chi connectivity index (χ1) is 14.9. The van der Waals surface area contributed by atoms with E-state index in [0.717, 1.165) is 46.8 Å². The van der Waals surface area contributed by atoms with Gasteiger partial charge in [-0.25, -0.2) is 9.97 Å². The smallest absolute Gasteiger partial charge is 0.266 e. The van der Waals surface area contributed by atoms with E-state index in [4.69, 9.17) is 14.5 Å². The number of carbonyl (C=O) groups excluding carboxylic acids is 1. The van der Waals surface area contributed by atoms with Crippen molar-refractivity contribution in [2.24, 2.45) is 0 Å². The van der Waals surface area contributed by atoms with Gasteiger partial charge >= 0.3 is 0 Å². The second kappa shape index (κ2) is 8.70. The standard InChI is InChI=1S/C23H28N4O3S/c1-13-8-6-7-11-27(13)21-19-14(2)20(31-23(19)25-15(3)24-21)22(28)26-17-12-16(29-4)9-10-18(17)30-5/h9-10,12-13H,6-8,11H2,1-5H3,(H,26,28)/t13-/m0/s1. The van der Waals surface area contributed by atoms with Crippen LogP contribution in [-0.4, -0.2) is 42.7 Å². The van der Waals surface area contributed by atoms with Crippen LogP contribution in [0.25, 0.3) is 10.2 Å². The molecule has 0 saturated carbocycles. The summed E-state index contributed by atoms with van der Waals surface area (Å²) in [5.74, 6) is 2.70. The van der Waals surface area contributed by atoms with Crippen molar-refractivity contribution in [3.8, 4) is 11.5 Å². The molecule has 0 spiro atoms. The van der Waals surface area contributed by atoms with Crippen LogP contribution in [-0.2, 0) is 0 Å². The molecule has 0 radical (unpaired) electrons. The minimum atomic E-state index is -0.192. The molecule has 2 aromatic heterocycles. The number of amides is 1. The first-order valence-corrected chi connectivity index (χ1v) is 11.3. The summed E-state index contributed by atoms with van der Waals surface area (Å²) in [7, 11) is 3.17. The van der Waals surface area contributed by atoms with Gasteiger partial charge in [0.15, 0.2) is 0 Å². The lowest BCUT2D eigenvalue weighted by Gasteiger charge is -2.35. The third kappa shape index (κ3) is 4.04. The van der Waals surface area contributed by atoms with Gasteiger partial charge in [0.05, 0.1) is 30.2 Å². The normalized spacial score (nSPS) is 16.4. The summed E-state index contributed by atoms with van der Waals surface area (Å²) >= 11 is 1.41. The zero-order valence-electron chi connectivity index (χ0n) is 18.6. The van der Waals surface area contributed by atoms with E-state index >= 15 is 0 Å². The lowest BCUT2D eigenvalue weighted by Crippen LogP contribution is -2.38. The van der Waals surface area contributed by atoms with Crippen LogP contribution in [0, 0.1) is 13.8 Å². The Kier molecular flexibility index (Phi) is 6.00. The number of aromatic nitrogens is 2. The van der Waals surface area contributed by atoms with Crippen molar-refractivity contribution in [2.45, 2.75) is 46.1 Å². The minimum Gasteiger partial charge on any atom is -0.497 e. The molecule has 1 saturated heterocycles. The van der Waals surface area contributed by atoms with Crippen molar-refractivity contribution in [2.75, 3.05) is 31.0 Å². The predicted molar refractivity (Wildman–Crippen MR) is 125 cm³/mol. The van der Waals surface area contributed by atoms with Crippen LogP contribution < -0.4 is 19.7 Å². The number of aryl methyl sites for hydroxylation is 2. The molecule has 1 amide bonds. The summed E-state index contributed by atoms with van der Waals surface area (Å²) in [5, 5.41) is 3.96. The second-order valence-electron chi connectivity index (χ2n) is 7.89. The Morgan fingerprint density at radius 3 is 2.71 bits per heavy atom. The number of fused-ring (bicyclic) bond motifs is 1. The van der Waals surface area contributed by atoms with Crippen molar-refractivity contribution in [3.05, 3.63) is 34.5 Å². The molecule has 1 fully saturated rings. The fraction of sp³-hybridized carbons (Fsp3) is 0.435. The van der Waals surface area contributed by atoms with Gasteiger partial charge in [-0.3, -0.25) is 4.79 Å². The van der Waals surface area contributed by atoms with Gasteiger partial charge in [-0.2, -0.15) is 0 Å². The number of nitrogens with one attached hydrogen (secondary N) is 1. The molecular weight excluding hydrogens is 412 g/mol. The number of hydrogen-bond acceptors (Lipinski definition) is 7. The maximum Gasteiger partial charge on any atom is 0.266 e. The summed E-state index contributed by atoms with van der Waals surface area (Å²) in [6.07, 6.45) is 3.54. The van der Waals surface area contributed by atoms with Crippen molar-refractivity contribution in [1.82, 2.24) is 9.97 Å². The molecule has 1 aliphatic rings. The third-order valence-electron chi connectivity index (χ3n) is 5.82. The van der Waals surface area contributed by atoms with Gasteiger partial charge in [-0.1, -0.05) is 0 Å². The molecule has 1 atom stereocenters. The number of thiophene rings is 1. The molecule has 7 nitrogen and oxygen atoms in total. The number of benzene rings is 1. The van der Waals surface area contributed by atoms with Gasteiger partial charge in [0.25, 0.3) is 5.91 Å². The van der Waals surface area contributed by atoms with Gasteiger partial charge in [0.1, 0.15) is 28.0 Å². The Morgan fingerprint density at radius 1 is 1.19 bits per heavy atom. The van der Waals surface area contributed by atoms with E-state index in [0.29, 0.717) is 28.1 Å². The highest BCUT2D eigenvalue weighted by Gasteiger charge is 2.26. The molecule has 1 N–H and O–H groups in total. The number of carbonyl (C=O) groups is 1. The molecule has 8 heteroatoms. The molecule has 31 heavy (non-hydrogen) atoms. The molecule has 0 unspecified atom stereocenters. The molecule has 164 valence electrons. The summed E-state index contributed by atoms with van der Waals surface area (Å²) in [6.45, 7) is 7.11. The molecule has 1 aliphatic heterocycles. The predicted octanol–water partition coefficient (Wildman–Crippen LogP) is 4.96. The van der Waals surface area contributed by atoms with Crippen molar-refractivity contribution < 1.29 is 14.3 Å². The quantitative estimate of drug-likeness (QED) is 0.605. The van der Waals surface area contributed by atoms with Crippen molar-refractivity contribution >= 4 is 39.0 Å². The van der Waals surface area contributed by atoms with Crippen LogP contribution in [0.2, 0.25) is 0 Å². The van der Waals surface area contributed by atoms with Gasteiger partial charge < -0.3 is 19.7 Å². The largest absolute Gasteiger partial charge is 0.497 e. The molecule has 0 bridgehead atoms. The van der Waals surface area contributed by atoms with Crippen molar-refractivity contribution in [3.63, 3.8) is 0 Å². The average Bonchev–Trinajstić information content (AvgIpc) is 3.09. The summed E-state index contributed by atoms with van der Waals surface area (Å²) in [4.78, 5) is 26.5. The highest BCUT2D eigenvalue weighted by molar-refractivity contribution is 7.20. The van der Waals surface area contributed by atoms with Gasteiger partial charge in [-0.15, -0.1) is 11.3 Å². The Labute approximate surface area is 186 Å². The third-order valence-corrected chi connectivity index (χ3v) is 7.00. The molecule has 3 aromatic rings. The van der Waals surface area contributed by atoms with E-state index in [1.54, 1.807) is 32.4 Å². The summed E-state index contributed by atoms with van der Waals surface area (Å²) < 4.78 is 10.7. The van der Waals surface area contributed by atoms with Crippen LogP contribution >= 0.6 is 11.3 Å². The number of ether oxygens (including phenoxy) is 2. The van der Waals surface area contributed by atoms with Crippen LogP contribution in [0.4, 0.5) is 11.5 Å². The number of rotatable bonds is 5. The first-order valence-electron chi connectivity index (χ1n) is 10.5. The number of hydrogen-bond donors (Lipinski definition) is 1. The molecule has 0 aliphatic carbocycles. The Balaban J connectivity index is 1.75. The summed E-state index contributed by atoms with van der Waals surface area (Å²) in [6, 6.07) is 5.74. The molecule has 4 rings (SSSR count). The van der Waals surface area contributed by atoms with Crippen LogP contribution in [0.1, 0.15) is 47.2 Å². The highest BCUT2D eigenvalue weighted by Crippen LogP contribution is 2.38. The SMILES string of the molecule is COc1ccc(OC)c(NC(=O)c2sc3nc(C)nc(N4CCCC[C@@H]4C)c3c2C)c1. The maximum absolute atomic E-state index is 13.3. The monoisotopic (exact) mass is 440 g/mol. The zero-order valence-corrected chi connectivity index (χ0v) is 19.4. The second-order valence-corrected chi connectivity index (χ2v) is 8.89. The van der Waals surface area contributed by atoms with E-state index < -0.39 is 0 Å². The van der Waals surface area contributed by atoms with Gasteiger partial charge in [0.2, 0.25) is 0 Å². The number of piperidine rings is 1. The van der Waals surface area contributed by atoms with E-state index in [1.807, 2.05) is 13.8 Å². The van der Waals surface area contributed by atoms with Gasteiger partial charge in [-0.05, 0) is 57.7 Å². The van der Waals surface area contributed by atoms with Crippen LogP contribution in [0.15, 0.2) is 18.2 Å². The minimum absolute atomic E-state index is 0.192. The number of nitrogens with zero attached hydrogens (tertiary/aromatic N) is 3. The van der Waals surface area contributed by atoms with Crippen molar-refractivity contribution in [1.29, 1.82) is 0 Å². The lowest BCUT2D eigenvalue weighted by atomic mass is 10.0.